The zero-order valence-corrected chi connectivity index (χ0v) is 14.5. The molecular weight excluding hydrogens is 319 g/mol. The average molecular weight is 342 g/mol. The van der Waals surface area contributed by atoms with Gasteiger partial charge in [-0.05, 0) is 30.7 Å². The molecule has 0 radical (unpaired) electrons. The van der Waals surface area contributed by atoms with Crippen LogP contribution >= 0.6 is 0 Å². The predicted octanol–water partition coefficient (Wildman–Crippen LogP) is 2.44. The molecule has 5 nitrogen and oxygen atoms in total. The molecule has 0 aliphatic carbocycles. The highest BCUT2D eigenvalue weighted by atomic mass is 19.1. The van der Waals surface area contributed by atoms with Gasteiger partial charge in [-0.1, -0.05) is 30.3 Å². The molecule has 0 unspecified atom stereocenters. The van der Waals surface area contributed by atoms with Gasteiger partial charge in [0.2, 0.25) is 0 Å². The van der Waals surface area contributed by atoms with Crippen LogP contribution in [0.2, 0.25) is 0 Å². The Balaban J connectivity index is 2.04. The lowest BCUT2D eigenvalue weighted by atomic mass is 10.1. The van der Waals surface area contributed by atoms with Crippen molar-refractivity contribution in [1.29, 1.82) is 0 Å². The highest BCUT2D eigenvalue weighted by Gasteiger charge is 2.05. The molecule has 0 spiro atoms. The first-order valence-electron chi connectivity index (χ1n) is 8.20. The van der Waals surface area contributed by atoms with Crippen molar-refractivity contribution in [3.8, 4) is 0 Å². The smallest absolute Gasteiger partial charge is 0.251 e. The maximum absolute atomic E-state index is 13.7. The third-order valence-corrected chi connectivity index (χ3v) is 3.58. The Kier molecular flexibility index (Phi) is 6.95. The van der Waals surface area contributed by atoms with Crippen LogP contribution in [0, 0.1) is 5.82 Å². The zero-order chi connectivity index (χ0) is 18.1. The van der Waals surface area contributed by atoms with E-state index in [0.717, 1.165) is 5.56 Å². The highest BCUT2D eigenvalue weighted by molar-refractivity contribution is 5.94. The molecule has 0 saturated carbocycles. The summed E-state index contributed by atoms with van der Waals surface area (Å²) in [4.78, 5) is 16.2. The Morgan fingerprint density at radius 3 is 2.64 bits per heavy atom. The molecule has 1 amide bonds. The Labute approximate surface area is 147 Å². The number of hydrogen-bond donors (Lipinski definition) is 3. The molecule has 3 N–H and O–H groups in total. The molecule has 6 heteroatoms. The summed E-state index contributed by atoms with van der Waals surface area (Å²) < 4.78 is 13.7. The Bertz CT molecular complexity index is 746. The fourth-order valence-electron chi connectivity index (χ4n) is 2.29. The van der Waals surface area contributed by atoms with Gasteiger partial charge in [0.25, 0.3) is 5.91 Å². The highest BCUT2D eigenvalue weighted by Crippen LogP contribution is 2.07. The van der Waals surface area contributed by atoms with E-state index in [0.29, 0.717) is 36.7 Å². The summed E-state index contributed by atoms with van der Waals surface area (Å²) in [7, 11) is 1.60. The minimum Gasteiger partial charge on any atom is -0.357 e. The second-order valence-corrected chi connectivity index (χ2v) is 5.42. The molecule has 2 aromatic carbocycles. The fourth-order valence-corrected chi connectivity index (χ4v) is 2.29. The minimum absolute atomic E-state index is 0.129. The molecule has 0 saturated heterocycles. The van der Waals surface area contributed by atoms with Gasteiger partial charge in [0.1, 0.15) is 5.82 Å². The number of carbonyl (C=O) groups is 1. The number of carbonyl (C=O) groups excluding carboxylic acids is 1. The topological polar surface area (TPSA) is 65.5 Å². The van der Waals surface area contributed by atoms with Gasteiger partial charge >= 0.3 is 0 Å². The van der Waals surface area contributed by atoms with Crippen LogP contribution in [0.5, 0.6) is 0 Å². The molecule has 0 fully saturated rings. The summed E-state index contributed by atoms with van der Waals surface area (Å²) in [6.45, 7) is 3.42. The lowest BCUT2D eigenvalue weighted by Gasteiger charge is -2.12. The van der Waals surface area contributed by atoms with Crippen LogP contribution in [0.25, 0.3) is 0 Å². The number of halogens is 1. The van der Waals surface area contributed by atoms with E-state index in [1.54, 1.807) is 31.3 Å². The number of nitrogens with zero attached hydrogens (tertiary/aromatic N) is 1. The van der Waals surface area contributed by atoms with Crippen LogP contribution < -0.4 is 16.0 Å². The number of nitrogens with one attached hydrogen (secondary N) is 3. The van der Waals surface area contributed by atoms with Crippen LogP contribution in [0.3, 0.4) is 0 Å². The molecule has 25 heavy (non-hydrogen) atoms. The van der Waals surface area contributed by atoms with Crippen LogP contribution in [-0.4, -0.2) is 25.5 Å². The van der Waals surface area contributed by atoms with Crippen molar-refractivity contribution in [3.05, 3.63) is 71.0 Å². The third kappa shape index (κ3) is 5.60. The summed E-state index contributed by atoms with van der Waals surface area (Å²) in [5.41, 5.74) is 2.10. The Morgan fingerprint density at radius 2 is 1.92 bits per heavy atom. The third-order valence-electron chi connectivity index (χ3n) is 3.58. The van der Waals surface area contributed by atoms with Crippen molar-refractivity contribution < 1.29 is 9.18 Å². The molecule has 0 aliphatic heterocycles. The summed E-state index contributed by atoms with van der Waals surface area (Å²) in [6.07, 6.45) is 0. The molecule has 0 aliphatic rings. The van der Waals surface area contributed by atoms with E-state index in [1.165, 1.54) is 6.07 Å². The average Bonchev–Trinajstić information content (AvgIpc) is 2.64. The van der Waals surface area contributed by atoms with Crippen molar-refractivity contribution in [2.24, 2.45) is 4.99 Å². The SMILES string of the molecule is CCNC(=NCc1cccc(C(=O)NC)c1)NCc1ccccc1F. The molecule has 0 atom stereocenters. The first-order valence-corrected chi connectivity index (χ1v) is 8.20. The van der Waals surface area contributed by atoms with Crippen molar-refractivity contribution in [2.45, 2.75) is 20.0 Å². The van der Waals surface area contributed by atoms with Crippen molar-refractivity contribution >= 4 is 11.9 Å². The molecule has 2 rings (SSSR count). The quantitative estimate of drug-likeness (QED) is 0.558. The summed E-state index contributed by atoms with van der Waals surface area (Å²) in [5.74, 6) is 0.218. The fraction of sp³-hybridized carbons (Fsp3) is 0.263. The van der Waals surface area contributed by atoms with Gasteiger partial charge in [-0.25, -0.2) is 9.38 Å². The number of guanidine groups is 1. The van der Waals surface area contributed by atoms with E-state index >= 15 is 0 Å². The number of rotatable bonds is 6. The van der Waals surface area contributed by atoms with E-state index < -0.39 is 0 Å². The van der Waals surface area contributed by atoms with Gasteiger partial charge < -0.3 is 16.0 Å². The van der Waals surface area contributed by atoms with E-state index in [-0.39, 0.29) is 11.7 Å². The van der Waals surface area contributed by atoms with Crippen LogP contribution in [0.4, 0.5) is 4.39 Å². The van der Waals surface area contributed by atoms with E-state index in [4.69, 9.17) is 0 Å². The number of aliphatic imine (C=N–C) groups is 1. The molecule has 0 bridgehead atoms. The van der Waals surface area contributed by atoms with Gasteiger partial charge in [-0.15, -0.1) is 0 Å². The summed E-state index contributed by atoms with van der Waals surface area (Å²) >= 11 is 0. The van der Waals surface area contributed by atoms with Crippen molar-refractivity contribution in [2.75, 3.05) is 13.6 Å². The summed E-state index contributed by atoms with van der Waals surface area (Å²) in [6, 6.07) is 13.9. The Morgan fingerprint density at radius 1 is 1.12 bits per heavy atom. The first-order chi connectivity index (χ1) is 12.1. The minimum atomic E-state index is -0.246. The lowest BCUT2D eigenvalue weighted by Crippen LogP contribution is -2.37. The van der Waals surface area contributed by atoms with Crippen LogP contribution in [-0.2, 0) is 13.1 Å². The number of amides is 1. The van der Waals surface area contributed by atoms with E-state index in [1.807, 2.05) is 25.1 Å². The number of benzene rings is 2. The summed E-state index contributed by atoms with van der Waals surface area (Å²) in [5, 5.41) is 8.85. The second kappa shape index (κ2) is 9.42. The first kappa shape index (κ1) is 18.4. The maximum Gasteiger partial charge on any atom is 0.251 e. The van der Waals surface area contributed by atoms with Gasteiger partial charge in [0.05, 0.1) is 6.54 Å². The lowest BCUT2D eigenvalue weighted by molar-refractivity contribution is 0.0963. The van der Waals surface area contributed by atoms with Gasteiger partial charge in [0, 0.05) is 31.3 Å². The maximum atomic E-state index is 13.7. The van der Waals surface area contributed by atoms with Gasteiger partial charge in [-0.3, -0.25) is 4.79 Å². The van der Waals surface area contributed by atoms with E-state index in [9.17, 15) is 9.18 Å². The molecule has 2 aromatic rings. The molecular formula is C19H23FN4O. The molecule has 132 valence electrons. The number of hydrogen-bond acceptors (Lipinski definition) is 2. The second-order valence-electron chi connectivity index (χ2n) is 5.42. The molecule has 0 heterocycles. The zero-order valence-electron chi connectivity index (χ0n) is 14.5. The molecule has 0 aromatic heterocycles. The largest absolute Gasteiger partial charge is 0.357 e. The van der Waals surface area contributed by atoms with Gasteiger partial charge in [0.15, 0.2) is 5.96 Å². The predicted molar refractivity (Wildman–Crippen MR) is 97.9 cm³/mol. The van der Waals surface area contributed by atoms with Crippen LogP contribution in [0.1, 0.15) is 28.4 Å². The standard InChI is InChI=1S/C19H23FN4O/c1-3-22-19(24-13-16-8-4-5-10-17(16)20)23-12-14-7-6-9-15(11-14)18(25)21-2/h4-11H,3,12-13H2,1-2H3,(H,21,25)(H2,22,23,24). The van der Waals surface area contributed by atoms with E-state index in [2.05, 4.69) is 20.9 Å². The van der Waals surface area contributed by atoms with Gasteiger partial charge in [-0.2, -0.15) is 0 Å². The van der Waals surface area contributed by atoms with Crippen LogP contribution in [0.15, 0.2) is 53.5 Å². The monoisotopic (exact) mass is 342 g/mol. The van der Waals surface area contributed by atoms with Crippen molar-refractivity contribution in [3.63, 3.8) is 0 Å². The Hall–Kier alpha value is -2.89. The van der Waals surface area contributed by atoms with Crippen molar-refractivity contribution in [1.82, 2.24) is 16.0 Å². The normalized spacial score (nSPS) is 11.1.